The maximum Gasteiger partial charge on any atom is 0.414 e. The van der Waals surface area contributed by atoms with E-state index >= 15 is 0 Å². The smallest absolute Gasteiger partial charge is 0.414 e. The van der Waals surface area contributed by atoms with Crippen molar-refractivity contribution in [2.75, 3.05) is 7.05 Å². The summed E-state index contributed by atoms with van der Waals surface area (Å²) in [5.41, 5.74) is 0. The number of aliphatic carboxylic acids is 2. The molecule has 0 saturated carbocycles. The molecule has 2 N–H and O–H groups in total. The summed E-state index contributed by atoms with van der Waals surface area (Å²) in [5.74, 6) is -14.7. The first kappa shape index (κ1) is 20.9. The molecule has 2 atom stereocenters. The van der Waals surface area contributed by atoms with Gasteiger partial charge in [-0.15, -0.1) is 0 Å². The lowest BCUT2D eigenvalue weighted by molar-refractivity contribution is -0.159. The minimum atomic E-state index is -2.17. The normalized spacial score (nSPS) is 24.1. The van der Waals surface area contributed by atoms with Gasteiger partial charge in [-0.2, -0.15) is 8.78 Å². The Kier molecular flexibility index (Phi) is 6.24. The second-order valence-corrected chi connectivity index (χ2v) is 6.27. The van der Waals surface area contributed by atoms with Crippen LogP contribution in [0.15, 0.2) is 0 Å². The van der Waals surface area contributed by atoms with Crippen LogP contribution in [0.1, 0.15) is 25.7 Å². The van der Waals surface area contributed by atoms with E-state index in [0.29, 0.717) is 12.8 Å². The first-order valence-electron chi connectivity index (χ1n) is 7.90. The van der Waals surface area contributed by atoms with Gasteiger partial charge in [0, 0.05) is 12.1 Å². The van der Waals surface area contributed by atoms with Crippen LogP contribution in [0.25, 0.3) is 0 Å². The third kappa shape index (κ3) is 4.29. The molecule has 0 spiro atoms. The summed E-state index contributed by atoms with van der Waals surface area (Å²) in [6.45, 7) is 0. The van der Waals surface area contributed by atoms with E-state index in [9.17, 15) is 22.0 Å². The Morgan fingerprint density at radius 3 is 1.59 bits per heavy atom. The number of carboxylic acids is 2. The molecule has 0 radical (unpaired) electrons. The lowest BCUT2D eigenvalue weighted by Gasteiger charge is -2.36. The van der Waals surface area contributed by atoms with E-state index in [2.05, 4.69) is 4.90 Å². The molecule has 0 aliphatic carbocycles. The maximum atomic E-state index is 13.6. The van der Waals surface area contributed by atoms with Crippen LogP contribution in [-0.4, -0.2) is 52.3 Å². The van der Waals surface area contributed by atoms with Crippen LogP contribution in [0.3, 0.4) is 0 Å². The van der Waals surface area contributed by atoms with Gasteiger partial charge in [0.05, 0.1) is 0 Å². The highest BCUT2D eigenvalue weighted by Crippen LogP contribution is 2.37. The summed E-state index contributed by atoms with van der Waals surface area (Å²) in [5, 5.41) is 14.8. The van der Waals surface area contributed by atoms with E-state index in [1.165, 1.54) is 0 Å². The highest BCUT2D eigenvalue weighted by atomic mass is 19.2. The van der Waals surface area contributed by atoms with Crippen molar-refractivity contribution < 1.29 is 46.5 Å². The Bertz CT molecular complexity index is 704. The number of carbonyl (C=O) groups is 2. The molecule has 2 bridgehead atoms. The van der Waals surface area contributed by atoms with Crippen LogP contribution in [-0.2, 0) is 9.59 Å². The molecule has 2 unspecified atom stereocenters. The van der Waals surface area contributed by atoms with Gasteiger partial charge in [-0.1, -0.05) is 0 Å². The molecule has 0 aromatic heterocycles. The second kappa shape index (κ2) is 8.07. The Morgan fingerprint density at radius 1 is 0.852 bits per heavy atom. The molecule has 1 aromatic carbocycles. The van der Waals surface area contributed by atoms with Crippen LogP contribution in [0.2, 0.25) is 0 Å². The largest absolute Gasteiger partial charge is 0.484 e. The molecule has 0 amide bonds. The van der Waals surface area contributed by atoms with Crippen molar-refractivity contribution in [3.63, 3.8) is 0 Å². The fourth-order valence-electron chi connectivity index (χ4n) is 3.31. The summed E-state index contributed by atoms with van der Waals surface area (Å²) in [4.78, 5) is 20.4. The van der Waals surface area contributed by atoms with Gasteiger partial charge in [-0.05, 0) is 32.7 Å². The molecule has 27 heavy (non-hydrogen) atoms. The average molecular weight is 397 g/mol. The number of fused-ring (bicyclic) bond motifs is 2. The fourth-order valence-corrected chi connectivity index (χ4v) is 3.31. The number of halogens is 5. The number of hydrogen-bond donors (Lipinski definition) is 2. The van der Waals surface area contributed by atoms with Crippen LogP contribution in [0.4, 0.5) is 22.0 Å². The zero-order valence-corrected chi connectivity index (χ0v) is 14.0. The highest BCUT2D eigenvalue weighted by Gasteiger charge is 2.40. The van der Waals surface area contributed by atoms with E-state index in [0.717, 1.165) is 12.8 Å². The van der Waals surface area contributed by atoms with Crippen molar-refractivity contribution in [1.29, 1.82) is 0 Å². The molecule has 2 fully saturated rings. The van der Waals surface area contributed by atoms with E-state index in [1.54, 1.807) is 0 Å². The van der Waals surface area contributed by atoms with Gasteiger partial charge < -0.3 is 19.8 Å². The topological polar surface area (TPSA) is 87.1 Å². The number of benzene rings is 1. The lowest BCUT2D eigenvalue weighted by atomic mass is 10.0. The van der Waals surface area contributed by atoms with Gasteiger partial charge in [-0.25, -0.2) is 22.8 Å². The van der Waals surface area contributed by atoms with Crippen molar-refractivity contribution in [3.8, 4) is 5.75 Å². The molecule has 6 nitrogen and oxygen atoms in total. The molecule has 2 aliphatic rings. The van der Waals surface area contributed by atoms with E-state index < -0.39 is 52.9 Å². The predicted octanol–water partition coefficient (Wildman–Crippen LogP) is 2.54. The van der Waals surface area contributed by atoms with E-state index in [-0.39, 0.29) is 12.1 Å². The number of rotatable bonds is 2. The third-order valence-corrected chi connectivity index (χ3v) is 4.69. The minimum absolute atomic E-state index is 0.231. The lowest BCUT2D eigenvalue weighted by Crippen LogP contribution is -2.44. The molecular formula is C16H16F5NO5. The maximum absolute atomic E-state index is 13.6. The Morgan fingerprint density at radius 2 is 1.22 bits per heavy atom. The SMILES string of the molecule is CN1C2CCC1CC(Oc1c(F)c(F)c(F)c(F)c1F)C2.O=C(O)C(=O)O. The summed E-state index contributed by atoms with van der Waals surface area (Å²) < 4.78 is 71.6. The van der Waals surface area contributed by atoms with Crippen LogP contribution in [0, 0.1) is 29.1 Å². The van der Waals surface area contributed by atoms with Crippen molar-refractivity contribution in [1.82, 2.24) is 4.90 Å². The van der Waals surface area contributed by atoms with Crippen molar-refractivity contribution in [2.45, 2.75) is 43.9 Å². The monoisotopic (exact) mass is 397 g/mol. The minimum Gasteiger partial charge on any atom is -0.484 e. The zero-order chi connectivity index (χ0) is 20.5. The van der Waals surface area contributed by atoms with Crippen LogP contribution < -0.4 is 4.74 Å². The molecule has 11 heteroatoms. The van der Waals surface area contributed by atoms with Gasteiger partial charge >= 0.3 is 11.9 Å². The summed E-state index contributed by atoms with van der Waals surface area (Å²) in [6, 6.07) is 0.463. The van der Waals surface area contributed by atoms with Gasteiger partial charge in [0.15, 0.2) is 5.75 Å². The molecule has 2 saturated heterocycles. The first-order valence-corrected chi connectivity index (χ1v) is 7.90. The molecule has 1 aromatic rings. The fraction of sp³-hybridized carbons (Fsp3) is 0.500. The van der Waals surface area contributed by atoms with Gasteiger partial charge in [0.2, 0.25) is 29.1 Å². The Labute approximate surface area is 150 Å². The van der Waals surface area contributed by atoms with Crippen LogP contribution in [0.5, 0.6) is 5.75 Å². The number of carboxylic acid groups (broad SMARTS) is 2. The number of hydrogen-bond acceptors (Lipinski definition) is 4. The van der Waals surface area contributed by atoms with E-state index in [4.69, 9.17) is 24.5 Å². The molecule has 3 rings (SSSR count). The summed E-state index contributed by atoms with van der Waals surface area (Å²) in [6.07, 6.45) is 2.42. The zero-order valence-electron chi connectivity index (χ0n) is 14.0. The Hall–Kier alpha value is -2.43. The van der Waals surface area contributed by atoms with Crippen molar-refractivity contribution in [3.05, 3.63) is 29.1 Å². The van der Waals surface area contributed by atoms with Crippen molar-refractivity contribution >= 4 is 11.9 Å². The average Bonchev–Trinajstić information content (AvgIpc) is 2.83. The third-order valence-electron chi connectivity index (χ3n) is 4.69. The van der Waals surface area contributed by atoms with Gasteiger partial charge in [0.1, 0.15) is 6.10 Å². The van der Waals surface area contributed by atoms with Crippen LogP contribution >= 0.6 is 0 Å². The summed E-state index contributed by atoms with van der Waals surface area (Å²) >= 11 is 0. The number of piperidine rings is 1. The molecule has 2 heterocycles. The summed E-state index contributed by atoms with van der Waals surface area (Å²) in [7, 11) is 1.97. The number of nitrogens with zero attached hydrogens (tertiary/aromatic N) is 1. The standard InChI is InChI=1S/C14H14F5NO.C2H2O4/c1-20-6-2-3-7(20)5-8(4-6)21-14-12(18)10(16)9(15)11(17)13(14)19;3-1(4)2(5)6/h6-8H,2-5H2,1H3;(H,3,4)(H,5,6). The van der Waals surface area contributed by atoms with E-state index in [1.807, 2.05) is 7.05 Å². The molecular weight excluding hydrogens is 381 g/mol. The predicted molar refractivity (Wildman–Crippen MR) is 79.7 cm³/mol. The number of ether oxygens (including phenoxy) is 1. The second-order valence-electron chi connectivity index (χ2n) is 6.27. The van der Waals surface area contributed by atoms with Gasteiger partial charge in [-0.3, -0.25) is 0 Å². The van der Waals surface area contributed by atoms with Crippen molar-refractivity contribution in [2.24, 2.45) is 0 Å². The molecule has 150 valence electrons. The first-order chi connectivity index (χ1) is 12.5. The van der Waals surface area contributed by atoms with Gasteiger partial charge in [0.25, 0.3) is 0 Å². The molecule has 2 aliphatic heterocycles. The Balaban J connectivity index is 0.000000380. The quantitative estimate of drug-likeness (QED) is 0.345. The highest BCUT2D eigenvalue weighted by molar-refractivity contribution is 6.27.